The number of sulfone groups is 1. The van der Waals surface area contributed by atoms with Gasteiger partial charge in [0, 0.05) is 6.54 Å². The number of rotatable bonds is 7. The van der Waals surface area contributed by atoms with Gasteiger partial charge in [0.15, 0.2) is 9.84 Å². The Kier molecular flexibility index (Phi) is 6.26. The summed E-state index contributed by atoms with van der Waals surface area (Å²) in [6.45, 7) is 6.34. The zero-order valence-corrected chi connectivity index (χ0v) is 12.7. The molecule has 5 nitrogen and oxygen atoms in total. The third-order valence-electron chi connectivity index (χ3n) is 4.12. The maximum atomic E-state index is 12.2. The second kappa shape index (κ2) is 7.24. The number of carboxylic acids is 1. The summed E-state index contributed by atoms with van der Waals surface area (Å²) in [5.74, 6) is -0.954. The number of carbonyl (C=O) groups is 1. The molecule has 0 atom stereocenters. The summed E-state index contributed by atoms with van der Waals surface area (Å²) >= 11 is 0. The van der Waals surface area contributed by atoms with E-state index in [2.05, 4.69) is 4.90 Å². The van der Waals surface area contributed by atoms with Crippen LogP contribution in [0.15, 0.2) is 0 Å². The molecule has 6 heteroatoms. The maximum Gasteiger partial charge on any atom is 0.306 e. The Balaban J connectivity index is 2.48. The molecule has 1 aliphatic carbocycles. The number of nitrogens with zero attached hydrogens (tertiary/aromatic N) is 1. The van der Waals surface area contributed by atoms with Crippen molar-refractivity contribution < 1.29 is 18.3 Å². The monoisotopic (exact) mass is 291 g/mol. The van der Waals surface area contributed by atoms with E-state index in [1.807, 2.05) is 13.8 Å². The Hall–Kier alpha value is -0.620. The molecule has 0 bridgehead atoms. The minimum absolute atomic E-state index is 0.192. The second-order valence-electron chi connectivity index (χ2n) is 5.21. The van der Waals surface area contributed by atoms with Crippen LogP contribution in [0.3, 0.4) is 0 Å². The summed E-state index contributed by atoms with van der Waals surface area (Å²) in [4.78, 5) is 12.9. The fraction of sp³-hybridized carbons (Fsp3) is 0.923. The van der Waals surface area contributed by atoms with E-state index >= 15 is 0 Å². The van der Waals surface area contributed by atoms with Crippen molar-refractivity contribution in [1.29, 1.82) is 0 Å². The molecule has 0 heterocycles. The molecular formula is C13H25NO4S. The van der Waals surface area contributed by atoms with Crippen LogP contribution in [-0.2, 0) is 14.6 Å². The molecule has 0 unspecified atom stereocenters. The van der Waals surface area contributed by atoms with Gasteiger partial charge in [0.2, 0.25) is 0 Å². The molecule has 0 saturated heterocycles. The van der Waals surface area contributed by atoms with Crippen LogP contribution in [-0.4, -0.2) is 55.0 Å². The average Bonchev–Trinajstić information content (AvgIpc) is 2.40. The van der Waals surface area contributed by atoms with E-state index in [0.717, 1.165) is 13.1 Å². The lowest BCUT2D eigenvalue weighted by Crippen LogP contribution is -2.35. The smallest absolute Gasteiger partial charge is 0.306 e. The van der Waals surface area contributed by atoms with E-state index < -0.39 is 15.8 Å². The Morgan fingerprint density at radius 1 is 1.16 bits per heavy atom. The molecule has 112 valence electrons. The van der Waals surface area contributed by atoms with Gasteiger partial charge in [0.25, 0.3) is 0 Å². The lowest BCUT2D eigenvalue weighted by atomic mass is 9.89. The molecule has 0 radical (unpaired) electrons. The van der Waals surface area contributed by atoms with Gasteiger partial charge < -0.3 is 10.0 Å². The van der Waals surface area contributed by atoms with Crippen molar-refractivity contribution in [3.63, 3.8) is 0 Å². The highest BCUT2D eigenvalue weighted by Crippen LogP contribution is 2.29. The van der Waals surface area contributed by atoms with Crippen LogP contribution in [0.2, 0.25) is 0 Å². The van der Waals surface area contributed by atoms with Gasteiger partial charge in [-0.15, -0.1) is 0 Å². The highest BCUT2D eigenvalue weighted by atomic mass is 32.2. The van der Waals surface area contributed by atoms with Crippen molar-refractivity contribution in [2.75, 3.05) is 25.4 Å². The van der Waals surface area contributed by atoms with Crippen molar-refractivity contribution in [2.24, 2.45) is 5.92 Å². The fourth-order valence-electron chi connectivity index (χ4n) is 2.63. The van der Waals surface area contributed by atoms with Gasteiger partial charge in [-0.2, -0.15) is 0 Å². The number of carboxylic acid groups (broad SMARTS) is 1. The normalized spacial score (nSPS) is 24.6. The van der Waals surface area contributed by atoms with Gasteiger partial charge in [-0.25, -0.2) is 8.42 Å². The largest absolute Gasteiger partial charge is 0.481 e. The molecule has 1 rings (SSSR count). The zero-order valence-electron chi connectivity index (χ0n) is 11.8. The molecule has 1 aliphatic rings. The summed E-state index contributed by atoms with van der Waals surface area (Å²) in [5.41, 5.74) is 0. The molecule has 0 amide bonds. The molecule has 0 aromatic heterocycles. The van der Waals surface area contributed by atoms with Crippen LogP contribution in [0.1, 0.15) is 39.5 Å². The standard InChI is InChI=1S/C13H25NO4S/c1-3-14(4-2)9-10-19(17,18)12-7-5-11(6-8-12)13(15)16/h11-12H,3-10H2,1-2H3,(H,15,16). The minimum atomic E-state index is -3.08. The lowest BCUT2D eigenvalue weighted by molar-refractivity contribution is -0.142. The van der Waals surface area contributed by atoms with Crippen LogP contribution in [0.5, 0.6) is 0 Å². The van der Waals surface area contributed by atoms with Gasteiger partial charge in [-0.1, -0.05) is 13.8 Å². The van der Waals surface area contributed by atoms with Crippen LogP contribution >= 0.6 is 0 Å². The summed E-state index contributed by atoms with van der Waals surface area (Å²) in [7, 11) is -3.08. The third kappa shape index (κ3) is 4.76. The van der Waals surface area contributed by atoms with Gasteiger partial charge in [-0.3, -0.25) is 4.79 Å². The molecular weight excluding hydrogens is 266 g/mol. The highest BCUT2D eigenvalue weighted by Gasteiger charge is 2.33. The lowest BCUT2D eigenvalue weighted by Gasteiger charge is -2.27. The quantitative estimate of drug-likeness (QED) is 0.767. The Morgan fingerprint density at radius 3 is 2.11 bits per heavy atom. The van der Waals surface area contributed by atoms with Crippen molar-refractivity contribution in [1.82, 2.24) is 4.90 Å². The van der Waals surface area contributed by atoms with E-state index in [1.165, 1.54) is 0 Å². The number of hydrogen-bond donors (Lipinski definition) is 1. The molecule has 0 spiro atoms. The van der Waals surface area contributed by atoms with Gasteiger partial charge in [0.1, 0.15) is 0 Å². The van der Waals surface area contributed by atoms with E-state index in [9.17, 15) is 13.2 Å². The van der Waals surface area contributed by atoms with Gasteiger partial charge in [-0.05, 0) is 38.8 Å². The van der Waals surface area contributed by atoms with E-state index in [0.29, 0.717) is 32.2 Å². The first kappa shape index (κ1) is 16.4. The predicted octanol–water partition coefficient (Wildman–Crippen LogP) is 1.39. The fourth-order valence-corrected chi connectivity index (χ4v) is 4.47. The van der Waals surface area contributed by atoms with Crippen molar-refractivity contribution in [3.8, 4) is 0 Å². The van der Waals surface area contributed by atoms with Crippen molar-refractivity contribution in [3.05, 3.63) is 0 Å². The van der Waals surface area contributed by atoms with E-state index in [-0.39, 0.29) is 16.9 Å². The molecule has 19 heavy (non-hydrogen) atoms. The molecule has 1 N–H and O–H groups in total. The molecule has 0 aromatic carbocycles. The second-order valence-corrected chi connectivity index (χ2v) is 7.61. The van der Waals surface area contributed by atoms with Crippen LogP contribution < -0.4 is 0 Å². The Labute approximate surface area is 115 Å². The first-order valence-electron chi connectivity index (χ1n) is 7.07. The topological polar surface area (TPSA) is 74.7 Å². The van der Waals surface area contributed by atoms with Crippen LogP contribution in [0, 0.1) is 5.92 Å². The SMILES string of the molecule is CCN(CC)CCS(=O)(=O)C1CCC(C(=O)O)CC1. The summed E-state index contributed by atoms with van der Waals surface area (Å²) in [6, 6.07) is 0. The number of aliphatic carboxylic acids is 1. The molecule has 1 saturated carbocycles. The number of hydrogen-bond acceptors (Lipinski definition) is 4. The molecule has 1 fully saturated rings. The van der Waals surface area contributed by atoms with Crippen LogP contribution in [0.4, 0.5) is 0 Å². The third-order valence-corrected chi connectivity index (χ3v) is 6.36. The van der Waals surface area contributed by atoms with Crippen LogP contribution in [0.25, 0.3) is 0 Å². The zero-order chi connectivity index (χ0) is 14.5. The van der Waals surface area contributed by atoms with Crippen molar-refractivity contribution >= 4 is 15.8 Å². The van der Waals surface area contributed by atoms with Gasteiger partial charge >= 0.3 is 5.97 Å². The van der Waals surface area contributed by atoms with E-state index in [1.54, 1.807) is 0 Å². The molecule has 0 aliphatic heterocycles. The van der Waals surface area contributed by atoms with E-state index in [4.69, 9.17) is 5.11 Å². The predicted molar refractivity (Wildman–Crippen MR) is 75.0 cm³/mol. The molecule has 0 aromatic rings. The average molecular weight is 291 g/mol. The maximum absolute atomic E-state index is 12.2. The van der Waals surface area contributed by atoms with Gasteiger partial charge in [0.05, 0.1) is 16.9 Å². The summed E-state index contributed by atoms with van der Waals surface area (Å²) in [6.07, 6.45) is 1.98. The Bertz CT molecular complexity index is 381. The Morgan fingerprint density at radius 2 is 1.68 bits per heavy atom. The van der Waals surface area contributed by atoms with Crippen molar-refractivity contribution in [2.45, 2.75) is 44.8 Å². The first-order chi connectivity index (χ1) is 8.90. The highest BCUT2D eigenvalue weighted by molar-refractivity contribution is 7.92. The summed E-state index contributed by atoms with van der Waals surface area (Å²) in [5, 5.41) is 8.58. The summed E-state index contributed by atoms with van der Waals surface area (Å²) < 4.78 is 24.4. The first-order valence-corrected chi connectivity index (χ1v) is 8.79. The minimum Gasteiger partial charge on any atom is -0.481 e.